The van der Waals surface area contributed by atoms with Crippen LogP contribution in [0.3, 0.4) is 0 Å². The summed E-state index contributed by atoms with van der Waals surface area (Å²) < 4.78 is 0. The Bertz CT molecular complexity index is 1320. The van der Waals surface area contributed by atoms with Gasteiger partial charge in [-0.05, 0) is 72.8 Å². The Labute approximate surface area is 313 Å². The van der Waals surface area contributed by atoms with E-state index in [0.29, 0.717) is 0 Å². The first-order valence-electron chi connectivity index (χ1n) is 15.9. The molecule has 0 unspecified atom stereocenters. The Morgan fingerprint density at radius 1 is 0.429 bits per heavy atom. The zero-order valence-electron chi connectivity index (χ0n) is 28.5. The van der Waals surface area contributed by atoms with E-state index in [1.807, 2.05) is 0 Å². The van der Waals surface area contributed by atoms with Gasteiger partial charge in [-0.2, -0.15) is 19.8 Å². The summed E-state index contributed by atoms with van der Waals surface area (Å²) in [6.07, 6.45) is 0. The van der Waals surface area contributed by atoms with E-state index >= 15 is 0 Å². The van der Waals surface area contributed by atoms with Crippen molar-refractivity contribution < 1.29 is 19.9 Å². The van der Waals surface area contributed by atoms with Crippen LogP contribution in [0.4, 0.5) is 0 Å². The molecule has 0 bridgehead atoms. The largest absolute Gasteiger partial charge is 0.102 e. The van der Waals surface area contributed by atoms with Crippen LogP contribution in [0.1, 0.15) is 27.7 Å². The Hall–Kier alpha value is -2.95. The first kappa shape index (κ1) is 42.2. The Kier molecular flexibility index (Phi) is 22.4. The maximum absolute atomic E-state index is 7.75. The summed E-state index contributed by atoms with van der Waals surface area (Å²) in [7, 11) is 7.91. The average Bonchev–Trinajstić information content (AvgIpc) is 3.16. The predicted molar refractivity (Wildman–Crippen MR) is 221 cm³/mol. The molecule has 0 N–H and O–H groups in total. The predicted octanol–water partition coefficient (Wildman–Crippen LogP) is 9.71. The number of benzene rings is 6. The van der Waals surface area contributed by atoms with Crippen molar-refractivity contribution in [1.29, 1.82) is 0 Å². The number of halogens is 2. The number of hydrogen-bond donors (Lipinski definition) is 0. The van der Waals surface area contributed by atoms with Crippen LogP contribution in [0.25, 0.3) is 0 Å². The zero-order valence-corrected chi connectivity index (χ0v) is 33.6. The third kappa shape index (κ3) is 15.6. The van der Waals surface area contributed by atoms with Gasteiger partial charge in [-0.15, -0.1) is 0 Å². The van der Waals surface area contributed by atoms with E-state index < -0.39 is 15.8 Å². The molecule has 0 radical (unpaired) electrons. The van der Waals surface area contributed by atoms with E-state index in [9.17, 15) is 0 Å². The number of carbonyl (C=O) groups excluding carboxylic acids is 1. The van der Waals surface area contributed by atoms with Gasteiger partial charge in [-0.25, -0.2) is 0 Å². The van der Waals surface area contributed by atoms with Crippen LogP contribution in [0.15, 0.2) is 182 Å². The summed E-state index contributed by atoms with van der Waals surface area (Å²) in [6, 6.07) is 65.0. The molecule has 6 heteroatoms. The van der Waals surface area contributed by atoms with Crippen molar-refractivity contribution in [3.8, 4) is 0 Å². The molecule has 0 saturated heterocycles. The van der Waals surface area contributed by atoms with E-state index in [1.165, 1.54) is 37.7 Å². The minimum absolute atomic E-state index is 0.226. The van der Waals surface area contributed by atoms with E-state index in [1.54, 1.807) is 0 Å². The monoisotopic (exact) mass is 813 g/mol. The molecule has 0 aliphatic rings. The van der Waals surface area contributed by atoms with Crippen molar-refractivity contribution in [3.05, 3.63) is 188 Å². The van der Waals surface area contributed by atoms with Crippen molar-refractivity contribution in [1.82, 2.24) is 0 Å². The van der Waals surface area contributed by atoms with E-state index in [2.05, 4.69) is 216 Å². The smallest absolute Gasteiger partial charge is 0.0620 e. The van der Waals surface area contributed by atoms with E-state index in [-0.39, 0.29) is 15.1 Å². The molecule has 1 nitrogen and oxygen atoms in total. The molecule has 6 aromatic rings. The molecule has 0 aliphatic carbocycles. The second-order valence-electron chi connectivity index (χ2n) is 11.2. The van der Waals surface area contributed by atoms with E-state index in [0.717, 1.165) is 5.92 Å². The zero-order chi connectivity index (χ0) is 35.7. The van der Waals surface area contributed by atoms with Crippen molar-refractivity contribution in [2.75, 3.05) is 0 Å². The van der Waals surface area contributed by atoms with Crippen LogP contribution >= 0.6 is 35.2 Å². The number of rotatable bonds is 7. The summed E-state index contributed by atoms with van der Waals surface area (Å²) in [4.78, 5) is 7.75. The fraction of sp³-hybridized carbons (Fsp3) is 0.116. The minimum Gasteiger partial charge on any atom is -0.0620 e. The van der Waals surface area contributed by atoms with Gasteiger partial charge in [0, 0.05) is 0 Å². The fourth-order valence-electron chi connectivity index (χ4n) is 4.63. The van der Waals surface area contributed by atoms with Crippen molar-refractivity contribution >= 4 is 73.8 Å². The molecule has 6 aromatic carbocycles. The Morgan fingerprint density at radius 2 is 0.551 bits per heavy atom. The minimum atomic E-state index is -0.877. The molecule has 257 valence electrons. The molecule has 0 atom stereocenters. The summed E-state index contributed by atoms with van der Waals surface area (Å²) in [5.41, 5.74) is 0. The number of hydrogen-bond acceptors (Lipinski definition) is 1. The van der Waals surface area contributed by atoms with Gasteiger partial charge in [-0.1, -0.05) is 123 Å². The molecule has 0 heterocycles. The first-order valence-corrected chi connectivity index (χ1v) is 23.1. The first-order chi connectivity index (χ1) is 24.0. The third-order valence-electron chi connectivity index (χ3n) is 7.53. The molecule has 0 fully saturated rings. The van der Waals surface area contributed by atoms with Crippen LogP contribution < -0.4 is 31.8 Å². The SMILES string of the molecule is C[C-](C)C(C)C.[CH-]=O.[Cl][Rh][Cl].c1ccc([PH+](c2ccccc2)c2ccccc2)cc1.c1ccc([PH+](c2ccccc2)c2ccccc2)cc1. The molecule has 0 aromatic heterocycles. The van der Waals surface area contributed by atoms with Crippen molar-refractivity contribution in [2.45, 2.75) is 27.7 Å². The van der Waals surface area contributed by atoms with Gasteiger partial charge in [0.05, 0.1) is 15.8 Å². The Balaban J connectivity index is 0.000000264. The molecule has 6 rings (SSSR count). The quantitative estimate of drug-likeness (QED) is 0.0680. The van der Waals surface area contributed by atoms with Gasteiger partial charge in [0.1, 0.15) is 31.8 Å². The third-order valence-corrected chi connectivity index (χ3v) is 13.0. The van der Waals surface area contributed by atoms with Gasteiger partial charge in [0.15, 0.2) is 0 Å². The van der Waals surface area contributed by atoms with Crippen LogP contribution in [-0.4, -0.2) is 6.79 Å². The van der Waals surface area contributed by atoms with Gasteiger partial charge in [0.2, 0.25) is 0 Å². The fourth-order valence-corrected chi connectivity index (χ4v) is 9.78. The summed E-state index contributed by atoms with van der Waals surface area (Å²) in [5.74, 6) is 2.28. The summed E-state index contributed by atoms with van der Waals surface area (Å²) >= 11 is -0.226. The second kappa shape index (κ2) is 25.9. The van der Waals surface area contributed by atoms with Crippen molar-refractivity contribution in [2.24, 2.45) is 5.92 Å². The molecular weight excluding hydrogens is 768 g/mol. The summed E-state index contributed by atoms with van der Waals surface area (Å²) in [5, 5.41) is 8.61. The normalized spacial score (nSPS) is 10.1. The molecule has 0 aliphatic heterocycles. The van der Waals surface area contributed by atoms with Crippen LogP contribution in [-0.2, 0) is 19.9 Å². The van der Waals surface area contributed by atoms with Gasteiger partial charge < -0.3 is 10.7 Å². The molecule has 49 heavy (non-hydrogen) atoms. The van der Waals surface area contributed by atoms with Gasteiger partial charge in [0.25, 0.3) is 0 Å². The molecule has 0 spiro atoms. The van der Waals surface area contributed by atoms with Crippen molar-refractivity contribution in [3.63, 3.8) is 0 Å². The van der Waals surface area contributed by atoms with Gasteiger partial charge >= 0.3 is 34.5 Å². The topological polar surface area (TPSA) is 17.1 Å². The molecule has 0 saturated carbocycles. The summed E-state index contributed by atoms with van der Waals surface area (Å²) in [6.45, 7) is 12.0. The molecular formula is C43H46Cl2OP2Rh. The van der Waals surface area contributed by atoms with E-state index in [4.69, 9.17) is 24.2 Å². The maximum atomic E-state index is 7.75. The Morgan fingerprint density at radius 3 is 0.653 bits per heavy atom. The average molecular weight is 815 g/mol. The van der Waals surface area contributed by atoms with Crippen LogP contribution in [0, 0.1) is 11.8 Å². The van der Waals surface area contributed by atoms with Crippen LogP contribution in [0.5, 0.6) is 0 Å². The molecule has 0 amide bonds. The maximum Gasteiger partial charge on any atom is 0.102 e. The van der Waals surface area contributed by atoms with Crippen LogP contribution in [0.2, 0.25) is 0 Å². The second-order valence-corrected chi connectivity index (χ2v) is 18.7. The van der Waals surface area contributed by atoms with Gasteiger partial charge in [-0.3, -0.25) is 6.79 Å². The standard InChI is InChI=1S/2C18H15P.C6H13.CHO.2ClH.Rh/c2*1-4-10-16(11-5-1)19(17-12-6-2-7-13-17)18-14-8-3-9-15-18;1-5(2)6(3)4;1-2;;;/h2*1-15H;5H,1-4H3;1H;2*1H;/q;;2*-1;;;+2.